The lowest BCUT2D eigenvalue weighted by atomic mass is 10.3. The van der Waals surface area contributed by atoms with Gasteiger partial charge in [0, 0.05) is 6.42 Å². The van der Waals surface area contributed by atoms with Crippen LogP contribution in [0.15, 0.2) is 16.9 Å². The number of halogens is 2. The van der Waals surface area contributed by atoms with Gasteiger partial charge in [-0.25, -0.2) is 4.98 Å². The number of ether oxygens (including phenoxy) is 1. The molecule has 0 aliphatic rings. The predicted octanol–water partition coefficient (Wildman–Crippen LogP) is 2.94. The molecule has 1 heterocycles. The van der Waals surface area contributed by atoms with Crippen LogP contribution in [0.3, 0.4) is 0 Å². The molecule has 0 aliphatic carbocycles. The lowest BCUT2D eigenvalue weighted by Crippen LogP contribution is -2.17. The Hall–Kier alpha value is -1.59. The Morgan fingerprint density at radius 2 is 2.05 bits per heavy atom. The van der Waals surface area contributed by atoms with Gasteiger partial charge in [0.25, 0.3) is 5.88 Å². The van der Waals surface area contributed by atoms with Crippen LogP contribution in [0.2, 0.25) is 10.0 Å². The minimum Gasteiger partial charge on any atom is -0.402 e. The van der Waals surface area contributed by atoms with E-state index in [-0.39, 0.29) is 12.3 Å². The molecule has 0 spiro atoms. The zero-order valence-electron chi connectivity index (χ0n) is 10.00. The van der Waals surface area contributed by atoms with E-state index in [4.69, 9.17) is 27.9 Å². The number of nitrogens with zero attached hydrogens (tertiary/aromatic N) is 1. The molecule has 7 heteroatoms. The Kier molecular flexibility index (Phi) is 4.07. The number of benzene rings is 1. The third-order valence-electron chi connectivity index (χ3n) is 2.37. The van der Waals surface area contributed by atoms with Gasteiger partial charge in [-0.15, -0.1) is 0 Å². The van der Waals surface area contributed by atoms with Gasteiger partial charge in [0.05, 0.1) is 21.1 Å². The first-order chi connectivity index (χ1) is 9.01. The molecule has 0 amide bonds. The third kappa shape index (κ3) is 3.05. The van der Waals surface area contributed by atoms with Gasteiger partial charge in [0.2, 0.25) is 0 Å². The van der Waals surface area contributed by atoms with Crippen LogP contribution in [0, 0.1) is 0 Å². The Balaban J connectivity index is 2.46. The summed E-state index contributed by atoms with van der Waals surface area (Å²) >= 11 is 11.7. The van der Waals surface area contributed by atoms with E-state index >= 15 is 0 Å². The second kappa shape index (κ2) is 5.59. The zero-order chi connectivity index (χ0) is 14.0. The molecule has 0 saturated heterocycles. The average Bonchev–Trinajstić information content (AvgIpc) is 2.33. The molecule has 0 fully saturated rings. The first kappa shape index (κ1) is 13.8. The van der Waals surface area contributed by atoms with Crippen molar-refractivity contribution in [1.82, 2.24) is 9.97 Å². The molecule has 0 unspecified atom stereocenters. The predicted molar refractivity (Wildman–Crippen MR) is 72.9 cm³/mol. The van der Waals surface area contributed by atoms with E-state index in [1.165, 1.54) is 12.1 Å². The highest BCUT2D eigenvalue weighted by Gasteiger charge is 2.12. The number of esters is 1. The van der Waals surface area contributed by atoms with Crippen molar-refractivity contribution in [3.8, 4) is 5.88 Å². The molecular weight excluding hydrogens is 291 g/mol. The van der Waals surface area contributed by atoms with Crippen molar-refractivity contribution in [2.45, 2.75) is 19.8 Å². The number of hydrogen-bond acceptors (Lipinski definition) is 4. The smallest absolute Gasteiger partial charge is 0.312 e. The molecule has 2 rings (SSSR count). The van der Waals surface area contributed by atoms with E-state index in [0.29, 0.717) is 27.5 Å². The van der Waals surface area contributed by atoms with Crippen molar-refractivity contribution in [3.63, 3.8) is 0 Å². The molecule has 0 saturated carbocycles. The standard InChI is InChI=1S/C12H10Cl2N2O3/c1-2-3-10(17)19-12-11(18)15-8-4-6(13)7(14)5-9(8)16-12/h4-5H,2-3H2,1H3,(H,15,18). The average molecular weight is 301 g/mol. The van der Waals surface area contributed by atoms with Crippen molar-refractivity contribution in [2.75, 3.05) is 0 Å². The van der Waals surface area contributed by atoms with E-state index in [9.17, 15) is 9.59 Å². The molecule has 0 atom stereocenters. The number of nitrogens with one attached hydrogen (secondary N) is 1. The van der Waals surface area contributed by atoms with Gasteiger partial charge in [0.15, 0.2) is 0 Å². The van der Waals surface area contributed by atoms with Crippen molar-refractivity contribution < 1.29 is 9.53 Å². The fourth-order valence-corrected chi connectivity index (χ4v) is 1.82. The summed E-state index contributed by atoms with van der Waals surface area (Å²) in [6.45, 7) is 1.83. The van der Waals surface area contributed by atoms with E-state index in [0.717, 1.165) is 0 Å². The van der Waals surface area contributed by atoms with Crippen LogP contribution in [0.25, 0.3) is 11.0 Å². The van der Waals surface area contributed by atoms with E-state index in [1.54, 1.807) is 0 Å². The second-order valence-corrected chi connectivity index (χ2v) is 4.69. The maximum absolute atomic E-state index is 11.7. The lowest BCUT2D eigenvalue weighted by Gasteiger charge is -2.04. The lowest BCUT2D eigenvalue weighted by molar-refractivity contribution is -0.134. The molecule has 2 aromatic rings. The van der Waals surface area contributed by atoms with Gasteiger partial charge < -0.3 is 9.72 Å². The molecule has 1 N–H and O–H groups in total. The Morgan fingerprint density at radius 1 is 1.37 bits per heavy atom. The Bertz CT molecular complexity index is 697. The molecule has 19 heavy (non-hydrogen) atoms. The second-order valence-electron chi connectivity index (χ2n) is 3.88. The van der Waals surface area contributed by atoms with Crippen molar-refractivity contribution >= 4 is 40.2 Å². The van der Waals surface area contributed by atoms with Gasteiger partial charge in [-0.3, -0.25) is 9.59 Å². The molecule has 1 aromatic heterocycles. The summed E-state index contributed by atoms with van der Waals surface area (Å²) in [5, 5.41) is 0.613. The van der Waals surface area contributed by atoms with E-state index in [1.807, 2.05) is 6.92 Å². The number of carbonyl (C=O) groups is 1. The summed E-state index contributed by atoms with van der Waals surface area (Å²) in [6.07, 6.45) is 0.853. The minimum atomic E-state index is -0.588. The number of fused-ring (bicyclic) bond motifs is 1. The Morgan fingerprint density at radius 3 is 2.74 bits per heavy atom. The van der Waals surface area contributed by atoms with Crippen LogP contribution in [-0.2, 0) is 4.79 Å². The molecule has 0 bridgehead atoms. The maximum Gasteiger partial charge on any atom is 0.312 e. The van der Waals surface area contributed by atoms with Crippen LogP contribution < -0.4 is 10.3 Å². The summed E-state index contributed by atoms with van der Waals surface area (Å²) in [7, 11) is 0. The van der Waals surface area contributed by atoms with Gasteiger partial charge >= 0.3 is 11.5 Å². The van der Waals surface area contributed by atoms with Crippen molar-refractivity contribution in [3.05, 3.63) is 32.5 Å². The number of hydrogen-bond donors (Lipinski definition) is 1. The van der Waals surface area contributed by atoms with Crippen LogP contribution in [0.1, 0.15) is 19.8 Å². The van der Waals surface area contributed by atoms with E-state index < -0.39 is 11.5 Å². The Labute approximate surface area is 118 Å². The minimum absolute atomic E-state index is 0.223. The number of aromatic amines is 1. The molecule has 0 aliphatic heterocycles. The summed E-state index contributed by atoms with van der Waals surface area (Å²) < 4.78 is 4.89. The summed E-state index contributed by atoms with van der Waals surface area (Å²) in [5.74, 6) is -0.788. The van der Waals surface area contributed by atoms with Gasteiger partial charge in [-0.2, -0.15) is 0 Å². The molecular formula is C12H10Cl2N2O3. The maximum atomic E-state index is 11.7. The summed E-state index contributed by atoms with van der Waals surface area (Å²) in [6, 6.07) is 2.98. The van der Waals surface area contributed by atoms with Crippen LogP contribution >= 0.6 is 23.2 Å². The van der Waals surface area contributed by atoms with Crippen LogP contribution in [-0.4, -0.2) is 15.9 Å². The quantitative estimate of drug-likeness (QED) is 0.885. The van der Waals surface area contributed by atoms with Gasteiger partial charge in [-0.05, 0) is 18.6 Å². The number of rotatable bonds is 3. The number of aromatic nitrogens is 2. The molecule has 1 aromatic carbocycles. The molecule has 0 radical (unpaired) electrons. The van der Waals surface area contributed by atoms with Crippen LogP contribution in [0.4, 0.5) is 0 Å². The van der Waals surface area contributed by atoms with Crippen LogP contribution in [0.5, 0.6) is 5.88 Å². The van der Waals surface area contributed by atoms with Crippen molar-refractivity contribution in [1.29, 1.82) is 0 Å². The van der Waals surface area contributed by atoms with Gasteiger partial charge in [-0.1, -0.05) is 30.1 Å². The first-order valence-corrected chi connectivity index (χ1v) is 6.36. The zero-order valence-corrected chi connectivity index (χ0v) is 11.5. The highest BCUT2D eigenvalue weighted by molar-refractivity contribution is 6.42. The number of carbonyl (C=O) groups excluding carboxylic acids is 1. The summed E-state index contributed by atoms with van der Waals surface area (Å²) in [5.41, 5.74) is 0.235. The highest BCUT2D eigenvalue weighted by atomic mass is 35.5. The summed E-state index contributed by atoms with van der Waals surface area (Å²) in [4.78, 5) is 29.6. The molecule has 100 valence electrons. The molecule has 5 nitrogen and oxygen atoms in total. The number of H-pyrrole nitrogens is 1. The fourth-order valence-electron chi connectivity index (χ4n) is 1.50. The monoisotopic (exact) mass is 300 g/mol. The topological polar surface area (TPSA) is 72.0 Å². The largest absolute Gasteiger partial charge is 0.402 e. The SMILES string of the molecule is CCCC(=O)Oc1nc2cc(Cl)c(Cl)cc2[nH]c1=O. The first-order valence-electron chi connectivity index (χ1n) is 5.61. The van der Waals surface area contributed by atoms with Gasteiger partial charge in [0.1, 0.15) is 0 Å². The third-order valence-corrected chi connectivity index (χ3v) is 3.09. The normalized spacial score (nSPS) is 10.7. The fraction of sp³-hybridized carbons (Fsp3) is 0.250. The highest BCUT2D eigenvalue weighted by Crippen LogP contribution is 2.25. The van der Waals surface area contributed by atoms with E-state index in [2.05, 4.69) is 9.97 Å². The van der Waals surface area contributed by atoms with Crippen molar-refractivity contribution in [2.24, 2.45) is 0 Å².